The number of rotatable bonds is 2. The van der Waals surface area contributed by atoms with Crippen LogP contribution in [0.5, 0.6) is 0 Å². The van der Waals surface area contributed by atoms with Crippen molar-refractivity contribution in [3.8, 4) is 0 Å². The van der Waals surface area contributed by atoms with Gasteiger partial charge in [0.1, 0.15) is 17.3 Å². The molecule has 2 rings (SSSR count). The van der Waals surface area contributed by atoms with Crippen LogP contribution < -0.4 is 10.2 Å². The summed E-state index contributed by atoms with van der Waals surface area (Å²) < 4.78 is 33.6. The number of amides is 2. The molecule has 0 aromatic heterocycles. The first-order valence-electron chi connectivity index (χ1n) is 7.54. The summed E-state index contributed by atoms with van der Waals surface area (Å²) in [5, 5.41) is 2.47. The lowest BCUT2D eigenvalue weighted by Gasteiger charge is -2.33. The van der Waals surface area contributed by atoms with E-state index in [-0.39, 0.29) is 11.0 Å². The number of hydrogen-bond donors (Lipinski definition) is 1. The van der Waals surface area contributed by atoms with Crippen LogP contribution in [-0.2, 0) is 9.53 Å². The number of nitrogens with zero attached hydrogens (tertiary/aromatic N) is 1. The fourth-order valence-electron chi connectivity index (χ4n) is 2.47. The van der Waals surface area contributed by atoms with Crippen LogP contribution in [0.4, 0.5) is 19.3 Å². The second-order valence-electron chi connectivity index (χ2n) is 6.55. The predicted molar refractivity (Wildman–Crippen MR) is 88.8 cm³/mol. The average Bonchev–Trinajstić information content (AvgIpc) is 2.39. The Kier molecular flexibility index (Phi) is 5.47. The fraction of sp³-hybridized carbons (Fsp3) is 0.500. The summed E-state index contributed by atoms with van der Waals surface area (Å²) in [5.41, 5.74) is -1.11. The van der Waals surface area contributed by atoms with E-state index < -0.39 is 41.0 Å². The highest BCUT2D eigenvalue weighted by Crippen LogP contribution is 2.30. The highest BCUT2D eigenvalue weighted by atomic mass is 79.9. The van der Waals surface area contributed by atoms with E-state index in [9.17, 15) is 18.4 Å². The Hall–Kier alpha value is -1.70. The Labute approximate surface area is 147 Å². The van der Waals surface area contributed by atoms with Crippen molar-refractivity contribution in [2.75, 3.05) is 11.4 Å². The zero-order chi connectivity index (χ0) is 18.1. The topological polar surface area (TPSA) is 58.6 Å². The number of piperidine rings is 1. The summed E-state index contributed by atoms with van der Waals surface area (Å²) in [7, 11) is 0. The number of carbonyl (C=O) groups excluding carboxylic acids is 2. The van der Waals surface area contributed by atoms with Crippen molar-refractivity contribution < 1.29 is 23.1 Å². The highest BCUT2D eigenvalue weighted by molar-refractivity contribution is 9.10. The van der Waals surface area contributed by atoms with E-state index in [0.717, 1.165) is 17.0 Å². The van der Waals surface area contributed by atoms with Gasteiger partial charge in [0.2, 0.25) is 5.91 Å². The minimum Gasteiger partial charge on any atom is -0.444 e. The summed E-state index contributed by atoms with van der Waals surface area (Å²) in [6, 6.07) is 1.31. The molecule has 1 aromatic rings. The molecule has 0 saturated carbocycles. The van der Waals surface area contributed by atoms with Crippen LogP contribution in [0.3, 0.4) is 0 Å². The maximum atomic E-state index is 14.1. The minimum absolute atomic E-state index is 0.181. The minimum atomic E-state index is -0.879. The number of anilines is 1. The van der Waals surface area contributed by atoms with E-state index in [2.05, 4.69) is 21.2 Å². The number of hydrogen-bond acceptors (Lipinski definition) is 3. The first-order valence-corrected chi connectivity index (χ1v) is 8.33. The van der Waals surface area contributed by atoms with Crippen molar-refractivity contribution in [2.45, 2.75) is 45.3 Å². The molecule has 1 fully saturated rings. The fourth-order valence-corrected chi connectivity index (χ4v) is 2.88. The Balaban J connectivity index is 2.18. The van der Waals surface area contributed by atoms with Crippen molar-refractivity contribution >= 4 is 33.6 Å². The molecule has 1 atom stereocenters. The van der Waals surface area contributed by atoms with E-state index in [1.54, 1.807) is 20.8 Å². The lowest BCUT2D eigenvalue weighted by Crippen LogP contribution is -2.53. The van der Waals surface area contributed by atoms with Crippen molar-refractivity contribution in [3.05, 3.63) is 28.2 Å². The second kappa shape index (κ2) is 7.04. The van der Waals surface area contributed by atoms with Crippen LogP contribution in [0.15, 0.2) is 16.6 Å². The first-order chi connectivity index (χ1) is 11.1. The molecule has 0 aliphatic carbocycles. The summed E-state index contributed by atoms with van der Waals surface area (Å²) in [6.07, 6.45) is 0.148. The molecule has 1 N–H and O–H groups in total. The monoisotopic (exact) mass is 404 g/mol. The Bertz CT molecular complexity index is 638. The van der Waals surface area contributed by atoms with Gasteiger partial charge in [-0.25, -0.2) is 13.6 Å². The van der Waals surface area contributed by atoms with Crippen molar-refractivity contribution in [3.63, 3.8) is 0 Å². The van der Waals surface area contributed by atoms with Gasteiger partial charge < -0.3 is 15.0 Å². The summed E-state index contributed by atoms with van der Waals surface area (Å²) >= 11 is 3.00. The molecule has 8 heteroatoms. The van der Waals surface area contributed by atoms with Crippen LogP contribution in [0.2, 0.25) is 0 Å². The van der Waals surface area contributed by atoms with Gasteiger partial charge in [0, 0.05) is 11.0 Å². The molecule has 1 aliphatic rings. The predicted octanol–water partition coefficient (Wildman–Crippen LogP) is 3.75. The van der Waals surface area contributed by atoms with E-state index in [4.69, 9.17) is 4.74 Å². The lowest BCUT2D eigenvalue weighted by molar-refractivity contribution is -0.121. The molecular weight excluding hydrogens is 386 g/mol. The van der Waals surface area contributed by atoms with E-state index in [1.807, 2.05) is 0 Å². The number of benzene rings is 1. The summed E-state index contributed by atoms with van der Waals surface area (Å²) in [5.74, 6) is -2.24. The van der Waals surface area contributed by atoms with Gasteiger partial charge in [-0.2, -0.15) is 0 Å². The van der Waals surface area contributed by atoms with Crippen molar-refractivity contribution in [1.29, 1.82) is 0 Å². The number of nitrogens with one attached hydrogen (secondary N) is 1. The van der Waals surface area contributed by atoms with Crippen LogP contribution in [0, 0.1) is 11.6 Å². The van der Waals surface area contributed by atoms with Gasteiger partial charge in [0.25, 0.3) is 0 Å². The third-order valence-electron chi connectivity index (χ3n) is 3.38. The molecule has 24 heavy (non-hydrogen) atoms. The number of halogens is 3. The molecule has 0 unspecified atom stereocenters. The SMILES string of the molecule is CC(C)(C)OC(=O)N[C@@H]1CCCN(c2c(F)cc(Br)cc2F)C1=O. The average molecular weight is 405 g/mol. The normalized spacial score (nSPS) is 18.5. The number of alkyl carbamates (subject to hydrolysis) is 1. The molecule has 5 nitrogen and oxygen atoms in total. The Morgan fingerprint density at radius 2 is 1.92 bits per heavy atom. The maximum absolute atomic E-state index is 14.1. The van der Waals surface area contributed by atoms with E-state index in [0.29, 0.717) is 12.8 Å². The maximum Gasteiger partial charge on any atom is 0.408 e. The lowest BCUT2D eigenvalue weighted by atomic mass is 10.0. The summed E-state index contributed by atoms with van der Waals surface area (Å²) in [4.78, 5) is 25.4. The molecule has 0 spiro atoms. The van der Waals surface area contributed by atoms with Crippen LogP contribution >= 0.6 is 15.9 Å². The smallest absolute Gasteiger partial charge is 0.408 e. The molecule has 1 heterocycles. The van der Waals surface area contributed by atoms with Crippen molar-refractivity contribution in [2.24, 2.45) is 0 Å². The molecule has 0 radical (unpaired) electrons. The van der Waals surface area contributed by atoms with Gasteiger partial charge in [-0.15, -0.1) is 0 Å². The van der Waals surface area contributed by atoms with Crippen LogP contribution in [-0.4, -0.2) is 30.2 Å². The van der Waals surface area contributed by atoms with Gasteiger partial charge >= 0.3 is 6.09 Å². The third kappa shape index (κ3) is 4.43. The zero-order valence-electron chi connectivity index (χ0n) is 13.7. The number of ether oxygens (including phenoxy) is 1. The molecule has 0 bridgehead atoms. The van der Waals surface area contributed by atoms with Crippen LogP contribution in [0.1, 0.15) is 33.6 Å². The Morgan fingerprint density at radius 3 is 2.46 bits per heavy atom. The first kappa shape index (κ1) is 18.6. The van der Waals surface area contributed by atoms with Gasteiger partial charge in [0.05, 0.1) is 0 Å². The molecular formula is C16H19BrF2N2O3. The van der Waals surface area contributed by atoms with Crippen molar-refractivity contribution in [1.82, 2.24) is 5.32 Å². The number of carbonyl (C=O) groups is 2. The molecule has 1 aromatic carbocycles. The molecule has 1 aliphatic heterocycles. The molecule has 2 amide bonds. The Morgan fingerprint density at radius 1 is 1.33 bits per heavy atom. The highest BCUT2D eigenvalue weighted by Gasteiger charge is 2.34. The van der Waals surface area contributed by atoms with E-state index in [1.165, 1.54) is 0 Å². The quantitative estimate of drug-likeness (QED) is 0.816. The second-order valence-corrected chi connectivity index (χ2v) is 7.46. The van der Waals surface area contributed by atoms with Crippen LogP contribution in [0.25, 0.3) is 0 Å². The van der Waals surface area contributed by atoms with Gasteiger partial charge in [0.15, 0.2) is 11.6 Å². The molecule has 1 saturated heterocycles. The largest absolute Gasteiger partial charge is 0.444 e. The standard InChI is InChI=1S/C16H19BrF2N2O3/c1-16(2,3)24-15(23)20-12-5-4-6-21(14(12)22)13-10(18)7-9(17)8-11(13)19/h7-8,12H,4-6H2,1-3H3,(H,20,23)/t12-/m1/s1. The van der Waals surface area contributed by atoms with E-state index >= 15 is 0 Å². The third-order valence-corrected chi connectivity index (χ3v) is 3.84. The zero-order valence-corrected chi connectivity index (χ0v) is 15.2. The summed E-state index contributed by atoms with van der Waals surface area (Å²) in [6.45, 7) is 5.29. The van der Waals surface area contributed by atoms with Gasteiger partial charge in [-0.05, 0) is 45.7 Å². The molecule has 132 valence electrons. The van der Waals surface area contributed by atoms with Gasteiger partial charge in [-0.1, -0.05) is 15.9 Å². The van der Waals surface area contributed by atoms with Gasteiger partial charge in [-0.3, -0.25) is 4.79 Å².